The van der Waals surface area contributed by atoms with Crippen molar-refractivity contribution in [2.24, 2.45) is 5.10 Å². The molecular formula is C17H16BrN3OS. The third-order valence-electron chi connectivity index (χ3n) is 3.54. The molecule has 0 aliphatic rings. The Bertz CT molecular complexity index is 943. The first-order valence-corrected chi connectivity index (χ1v) is 9.07. The maximum Gasteiger partial charge on any atom is 0.282 e. The Morgan fingerprint density at radius 2 is 2.22 bits per heavy atom. The second-order valence-electron chi connectivity index (χ2n) is 5.27. The van der Waals surface area contributed by atoms with Crippen molar-refractivity contribution in [3.05, 3.63) is 60.7 Å². The minimum Gasteiger partial charge on any atom is -0.267 e. The summed E-state index contributed by atoms with van der Waals surface area (Å²) in [5, 5.41) is 7.00. The van der Waals surface area contributed by atoms with Gasteiger partial charge in [0.2, 0.25) is 0 Å². The van der Waals surface area contributed by atoms with Gasteiger partial charge in [-0.3, -0.25) is 4.79 Å². The maximum atomic E-state index is 12.8. The van der Waals surface area contributed by atoms with Crippen LogP contribution in [-0.2, 0) is 6.42 Å². The lowest BCUT2D eigenvalue weighted by Gasteiger charge is -2.08. The van der Waals surface area contributed by atoms with Crippen molar-refractivity contribution in [3.63, 3.8) is 0 Å². The van der Waals surface area contributed by atoms with Gasteiger partial charge in [-0.25, -0.2) is 4.98 Å². The van der Waals surface area contributed by atoms with Crippen LogP contribution in [0.2, 0.25) is 0 Å². The lowest BCUT2D eigenvalue weighted by molar-refractivity contribution is 0.704. The van der Waals surface area contributed by atoms with Crippen molar-refractivity contribution in [1.82, 2.24) is 9.66 Å². The molecule has 4 nitrogen and oxygen atoms in total. The van der Waals surface area contributed by atoms with Crippen LogP contribution in [0.4, 0.5) is 0 Å². The van der Waals surface area contributed by atoms with Crippen LogP contribution in [0.3, 0.4) is 0 Å². The largest absolute Gasteiger partial charge is 0.282 e. The van der Waals surface area contributed by atoms with E-state index in [1.54, 1.807) is 23.6 Å². The van der Waals surface area contributed by atoms with Gasteiger partial charge in [-0.05, 0) is 48.6 Å². The number of benzene rings is 1. The van der Waals surface area contributed by atoms with E-state index in [2.05, 4.69) is 32.9 Å². The predicted octanol–water partition coefficient (Wildman–Crippen LogP) is 4.36. The van der Waals surface area contributed by atoms with Gasteiger partial charge in [-0.2, -0.15) is 9.78 Å². The molecule has 0 saturated heterocycles. The minimum atomic E-state index is -0.134. The molecule has 0 bridgehead atoms. The van der Waals surface area contributed by atoms with Gasteiger partial charge in [0, 0.05) is 10.9 Å². The highest BCUT2D eigenvalue weighted by Gasteiger charge is 2.10. The number of aromatic nitrogens is 2. The Labute approximate surface area is 146 Å². The summed E-state index contributed by atoms with van der Waals surface area (Å²) >= 11 is 5.02. The van der Waals surface area contributed by atoms with Gasteiger partial charge in [-0.1, -0.05) is 22.9 Å². The number of rotatable bonds is 4. The smallest absolute Gasteiger partial charge is 0.267 e. The van der Waals surface area contributed by atoms with E-state index in [4.69, 9.17) is 0 Å². The number of hydrogen-bond acceptors (Lipinski definition) is 4. The lowest BCUT2D eigenvalue weighted by atomic mass is 10.2. The van der Waals surface area contributed by atoms with Crippen LogP contribution in [0, 0.1) is 6.92 Å². The zero-order valence-corrected chi connectivity index (χ0v) is 15.3. The average molecular weight is 390 g/mol. The summed E-state index contributed by atoms with van der Waals surface area (Å²) in [6, 6.07) is 7.59. The Kier molecular flexibility index (Phi) is 4.73. The van der Waals surface area contributed by atoms with Crippen molar-refractivity contribution < 1.29 is 0 Å². The van der Waals surface area contributed by atoms with Crippen LogP contribution in [-0.4, -0.2) is 15.9 Å². The predicted molar refractivity (Wildman–Crippen MR) is 99.7 cm³/mol. The number of nitrogens with zero attached hydrogens (tertiary/aromatic N) is 3. The third kappa shape index (κ3) is 3.28. The molecule has 2 heterocycles. The first kappa shape index (κ1) is 16.1. The van der Waals surface area contributed by atoms with E-state index < -0.39 is 0 Å². The van der Waals surface area contributed by atoms with Crippen LogP contribution in [0.1, 0.15) is 29.6 Å². The molecule has 1 aromatic carbocycles. The molecular weight excluding hydrogens is 374 g/mol. The summed E-state index contributed by atoms with van der Waals surface area (Å²) in [5.41, 5.74) is 1.73. The molecule has 0 radical (unpaired) electrons. The van der Waals surface area contributed by atoms with Gasteiger partial charge < -0.3 is 0 Å². The first-order valence-electron chi connectivity index (χ1n) is 7.39. The zero-order chi connectivity index (χ0) is 16.4. The monoisotopic (exact) mass is 389 g/mol. The summed E-state index contributed by atoms with van der Waals surface area (Å²) in [5.74, 6) is 0.692. The van der Waals surface area contributed by atoms with Crippen LogP contribution >= 0.6 is 27.3 Å². The molecule has 0 spiro atoms. The summed E-state index contributed by atoms with van der Waals surface area (Å²) in [7, 11) is 0. The van der Waals surface area contributed by atoms with Crippen molar-refractivity contribution >= 4 is 44.4 Å². The van der Waals surface area contributed by atoms with Crippen LogP contribution < -0.4 is 5.56 Å². The zero-order valence-electron chi connectivity index (χ0n) is 12.9. The molecule has 118 valence electrons. The van der Waals surface area contributed by atoms with Crippen molar-refractivity contribution in [2.75, 3.05) is 0 Å². The van der Waals surface area contributed by atoms with Crippen molar-refractivity contribution in [1.29, 1.82) is 0 Å². The fraction of sp³-hybridized carbons (Fsp3) is 0.235. The highest BCUT2D eigenvalue weighted by Crippen LogP contribution is 2.17. The van der Waals surface area contributed by atoms with Gasteiger partial charge in [0.05, 0.1) is 22.0 Å². The molecule has 6 heteroatoms. The number of thiophene rings is 1. The van der Waals surface area contributed by atoms with Crippen LogP contribution in [0.15, 0.2) is 44.0 Å². The SMILES string of the molecule is CCCc1nc2ccc(Br)cc2c(=O)n1N=Cc1sccc1C. The summed E-state index contributed by atoms with van der Waals surface area (Å²) in [4.78, 5) is 18.5. The van der Waals surface area contributed by atoms with E-state index in [0.29, 0.717) is 23.1 Å². The number of aryl methyl sites for hydroxylation is 2. The molecule has 0 aliphatic heterocycles. The molecule has 3 rings (SSSR count). The van der Waals surface area contributed by atoms with Crippen LogP contribution in [0.5, 0.6) is 0 Å². The molecule has 0 atom stereocenters. The molecule has 0 fully saturated rings. The lowest BCUT2D eigenvalue weighted by Crippen LogP contribution is -2.22. The van der Waals surface area contributed by atoms with Gasteiger partial charge >= 0.3 is 0 Å². The Morgan fingerprint density at radius 1 is 1.39 bits per heavy atom. The van der Waals surface area contributed by atoms with E-state index in [9.17, 15) is 4.79 Å². The molecule has 0 amide bonds. The summed E-state index contributed by atoms with van der Waals surface area (Å²) < 4.78 is 2.29. The Morgan fingerprint density at radius 3 is 2.91 bits per heavy atom. The fourth-order valence-electron chi connectivity index (χ4n) is 2.33. The molecule has 0 unspecified atom stereocenters. The number of fused-ring (bicyclic) bond motifs is 1. The standard InChI is InChI=1S/C17H16BrN3OS/c1-3-4-16-20-14-6-5-12(18)9-13(14)17(22)21(16)19-10-15-11(2)7-8-23-15/h5-10H,3-4H2,1-2H3. The highest BCUT2D eigenvalue weighted by atomic mass is 79.9. The van der Waals surface area contributed by atoms with Gasteiger partial charge in [0.25, 0.3) is 5.56 Å². The van der Waals surface area contributed by atoms with Gasteiger partial charge in [0.1, 0.15) is 5.82 Å². The maximum absolute atomic E-state index is 12.8. The quantitative estimate of drug-likeness (QED) is 0.622. The van der Waals surface area contributed by atoms with Gasteiger partial charge in [0.15, 0.2) is 0 Å². The van der Waals surface area contributed by atoms with E-state index in [0.717, 1.165) is 21.3 Å². The van der Waals surface area contributed by atoms with E-state index >= 15 is 0 Å². The second-order valence-corrected chi connectivity index (χ2v) is 7.13. The molecule has 0 saturated carbocycles. The third-order valence-corrected chi connectivity index (χ3v) is 4.99. The summed E-state index contributed by atoms with van der Waals surface area (Å²) in [6.07, 6.45) is 3.36. The van der Waals surface area contributed by atoms with Crippen LogP contribution in [0.25, 0.3) is 10.9 Å². The Balaban J connectivity index is 2.18. The van der Waals surface area contributed by atoms with Crippen molar-refractivity contribution in [2.45, 2.75) is 26.7 Å². The highest BCUT2D eigenvalue weighted by molar-refractivity contribution is 9.10. The second kappa shape index (κ2) is 6.76. The van der Waals surface area contributed by atoms with E-state index in [-0.39, 0.29) is 5.56 Å². The van der Waals surface area contributed by atoms with Gasteiger partial charge in [-0.15, -0.1) is 11.3 Å². The first-order chi connectivity index (χ1) is 11.1. The molecule has 3 aromatic rings. The molecule has 0 aliphatic carbocycles. The van der Waals surface area contributed by atoms with Crippen molar-refractivity contribution in [3.8, 4) is 0 Å². The summed E-state index contributed by atoms with van der Waals surface area (Å²) in [6.45, 7) is 4.10. The van der Waals surface area contributed by atoms with E-state index in [1.807, 2.05) is 30.5 Å². The average Bonchev–Trinajstić information content (AvgIpc) is 2.93. The fourth-order valence-corrected chi connectivity index (χ4v) is 3.47. The molecule has 2 aromatic heterocycles. The normalized spacial score (nSPS) is 11.6. The van der Waals surface area contributed by atoms with E-state index in [1.165, 1.54) is 4.68 Å². The minimum absolute atomic E-state index is 0.134. The number of hydrogen-bond donors (Lipinski definition) is 0. The number of halogens is 1. The molecule has 23 heavy (non-hydrogen) atoms. The molecule has 0 N–H and O–H groups in total. The topological polar surface area (TPSA) is 47.2 Å². The Hall–Kier alpha value is -1.79.